The van der Waals surface area contributed by atoms with E-state index in [1.54, 1.807) is 12.1 Å². The van der Waals surface area contributed by atoms with Crippen molar-refractivity contribution in [3.05, 3.63) is 82.8 Å². The summed E-state index contributed by atoms with van der Waals surface area (Å²) in [6.45, 7) is 8.63. The number of anilines is 1. The number of furan rings is 1. The van der Waals surface area contributed by atoms with Crippen LogP contribution < -0.4 is 20.9 Å². The number of hydrazine groups is 1. The van der Waals surface area contributed by atoms with Crippen LogP contribution in [-0.4, -0.2) is 11.0 Å². The number of carbonyl (C=O) groups excluding carboxylic acids is 1. The number of benzene rings is 2. The Morgan fingerprint density at radius 3 is 2.38 bits per heavy atom. The molecule has 6 nitrogen and oxygen atoms in total. The average molecular weight is 452 g/mol. The van der Waals surface area contributed by atoms with Crippen LogP contribution in [0.1, 0.15) is 59.2 Å². The number of aryl methyl sites for hydroxylation is 2. The van der Waals surface area contributed by atoms with E-state index in [0.717, 1.165) is 29.0 Å². The molecule has 1 heterocycles. The fourth-order valence-corrected chi connectivity index (χ4v) is 3.39. The summed E-state index contributed by atoms with van der Waals surface area (Å²) in [7, 11) is 0. The maximum absolute atomic E-state index is 12.3. The Morgan fingerprint density at radius 1 is 1.03 bits per heavy atom. The monoisotopic (exact) mass is 451 g/mol. The molecular formula is C25H29N3O3S. The highest BCUT2D eigenvalue weighted by atomic mass is 32.1. The molecular weight excluding hydrogens is 422 g/mol. The van der Waals surface area contributed by atoms with Crippen molar-refractivity contribution >= 4 is 28.9 Å². The summed E-state index contributed by atoms with van der Waals surface area (Å²) in [4.78, 5) is 12.3. The quantitative estimate of drug-likeness (QED) is 0.320. The first kappa shape index (κ1) is 23.3. The normalized spacial score (nSPS) is 11.5. The van der Waals surface area contributed by atoms with Gasteiger partial charge in [0, 0.05) is 5.69 Å². The Labute approximate surface area is 194 Å². The molecule has 0 saturated heterocycles. The topological polar surface area (TPSA) is 75.5 Å². The van der Waals surface area contributed by atoms with Gasteiger partial charge in [-0.1, -0.05) is 32.0 Å². The Hall–Kier alpha value is -3.32. The zero-order valence-corrected chi connectivity index (χ0v) is 19.6. The van der Waals surface area contributed by atoms with Crippen molar-refractivity contribution in [3.8, 4) is 5.75 Å². The Kier molecular flexibility index (Phi) is 7.89. The number of rotatable bonds is 7. The van der Waals surface area contributed by atoms with Crippen LogP contribution in [-0.2, 0) is 6.61 Å². The lowest BCUT2D eigenvalue weighted by atomic mass is 9.99. The predicted octanol–water partition coefficient (Wildman–Crippen LogP) is 5.62. The Balaban J connectivity index is 1.46. The maximum atomic E-state index is 12.3. The number of thiocarbonyl (C=S) groups is 1. The van der Waals surface area contributed by atoms with Crippen LogP contribution in [0.25, 0.3) is 0 Å². The van der Waals surface area contributed by atoms with Crippen LogP contribution >= 0.6 is 12.2 Å². The van der Waals surface area contributed by atoms with E-state index in [1.807, 2.05) is 38.1 Å². The number of ether oxygens (including phenoxy) is 1. The van der Waals surface area contributed by atoms with E-state index in [0.29, 0.717) is 11.7 Å². The lowest BCUT2D eigenvalue weighted by Gasteiger charge is -2.13. The molecule has 0 saturated carbocycles. The molecule has 0 unspecified atom stereocenters. The second-order valence-corrected chi connectivity index (χ2v) is 8.25. The lowest BCUT2D eigenvalue weighted by Crippen LogP contribution is -2.43. The number of carbonyl (C=O) groups is 1. The molecule has 3 N–H and O–H groups in total. The van der Waals surface area contributed by atoms with Crippen molar-refractivity contribution in [1.29, 1.82) is 0 Å². The maximum Gasteiger partial charge on any atom is 0.305 e. The summed E-state index contributed by atoms with van der Waals surface area (Å²) in [5.74, 6) is 1.56. The fourth-order valence-electron chi connectivity index (χ4n) is 3.22. The molecule has 0 aliphatic heterocycles. The summed E-state index contributed by atoms with van der Waals surface area (Å²) in [5.41, 5.74) is 9.59. The van der Waals surface area contributed by atoms with Crippen molar-refractivity contribution in [1.82, 2.24) is 10.9 Å². The van der Waals surface area contributed by atoms with Gasteiger partial charge >= 0.3 is 5.91 Å². The predicted molar refractivity (Wildman–Crippen MR) is 131 cm³/mol. The summed E-state index contributed by atoms with van der Waals surface area (Å²) < 4.78 is 11.4. The molecule has 0 spiro atoms. The zero-order valence-electron chi connectivity index (χ0n) is 18.8. The molecule has 0 aliphatic carbocycles. The van der Waals surface area contributed by atoms with Gasteiger partial charge < -0.3 is 14.5 Å². The minimum Gasteiger partial charge on any atom is -0.486 e. The molecule has 7 heteroatoms. The first-order chi connectivity index (χ1) is 15.3. The second kappa shape index (κ2) is 10.8. The highest BCUT2D eigenvalue weighted by molar-refractivity contribution is 7.80. The molecule has 0 bridgehead atoms. The SMILES string of the molecule is CC[C@@H](C)c1ccc(NC(=S)NNC(=O)c2ccc(COc3cc(C)cc(C)c3)o2)cc1. The van der Waals surface area contributed by atoms with Crippen molar-refractivity contribution in [2.75, 3.05) is 5.32 Å². The standard InChI is InChI=1S/C25H29N3O3S/c1-5-18(4)19-6-8-20(9-7-19)26-25(32)28-27-24(29)23-11-10-21(31-23)15-30-22-13-16(2)12-17(3)14-22/h6-14,18H,5,15H2,1-4H3,(H,27,29)(H2,26,28,32)/t18-/m1/s1. The van der Waals surface area contributed by atoms with E-state index < -0.39 is 5.91 Å². The number of hydrogen-bond acceptors (Lipinski definition) is 4. The van der Waals surface area contributed by atoms with Crippen LogP contribution in [0.15, 0.2) is 59.0 Å². The van der Waals surface area contributed by atoms with E-state index in [4.69, 9.17) is 21.4 Å². The van der Waals surface area contributed by atoms with E-state index in [2.05, 4.69) is 48.2 Å². The van der Waals surface area contributed by atoms with Gasteiger partial charge in [-0.25, -0.2) is 0 Å². The van der Waals surface area contributed by atoms with E-state index in [1.165, 1.54) is 5.56 Å². The van der Waals surface area contributed by atoms with Gasteiger partial charge in [-0.05, 0) is 91.5 Å². The number of amides is 1. The van der Waals surface area contributed by atoms with Crippen molar-refractivity contribution < 1.29 is 13.9 Å². The molecule has 3 aromatic rings. The number of nitrogens with one attached hydrogen (secondary N) is 3. The summed E-state index contributed by atoms with van der Waals surface area (Å²) >= 11 is 5.25. The fraction of sp³-hybridized carbons (Fsp3) is 0.280. The highest BCUT2D eigenvalue weighted by Gasteiger charge is 2.12. The first-order valence-electron chi connectivity index (χ1n) is 10.6. The molecule has 168 valence electrons. The molecule has 2 aromatic carbocycles. The molecule has 1 atom stereocenters. The van der Waals surface area contributed by atoms with Crippen LogP contribution in [0.5, 0.6) is 5.75 Å². The van der Waals surface area contributed by atoms with Gasteiger partial charge in [0.2, 0.25) is 0 Å². The molecule has 0 fully saturated rings. The largest absolute Gasteiger partial charge is 0.486 e. The van der Waals surface area contributed by atoms with E-state index in [9.17, 15) is 4.79 Å². The number of hydrogen-bond donors (Lipinski definition) is 3. The Bertz CT molecular complexity index is 1060. The third-order valence-corrected chi connectivity index (χ3v) is 5.31. The smallest absolute Gasteiger partial charge is 0.305 e. The van der Waals surface area contributed by atoms with Gasteiger partial charge in [0.25, 0.3) is 0 Å². The Morgan fingerprint density at radius 2 is 1.72 bits per heavy atom. The van der Waals surface area contributed by atoms with Crippen LogP contribution in [0, 0.1) is 13.8 Å². The third-order valence-electron chi connectivity index (χ3n) is 5.10. The van der Waals surface area contributed by atoms with Gasteiger partial charge in [-0.3, -0.25) is 15.6 Å². The zero-order chi connectivity index (χ0) is 23.1. The minimum absolute atomic E-state index is 0.164. The van der Waals surface area contributed by atoms with Crippen LogP contribution in [0.2, 0.25) is 0 Å². The lowest BCUT2D eigenvalue weighted by molar-refractivity contribution is 0.0912. The van der Waals surface area contributed by atoms with Crippen molar-refractivity contribution in [2.45, 2.75) is 46.6 Å². The highest BCUT2D eigenvalue weighted by Crippen LogP contribution is 2.21. The molecule has 32 heavy (non-hydrogen) atoms. The summed E-state index contributed by atoms with van der Waals surface area (Å²) in [6.07, 6.45) is 1.09. The van der Waals surface area contributed by atoms with E-state index >= 15 is 0 Å². The average Bonchev–Trinajstić information content (AvgIpc) is 3.24. The summed E-state index contributed by atoms with van der Waals surface area (Å²) in [5, 5.41) is 3.32. The first-order valence-corrected chi connectivity index (χ1v) is 11.0. The van der Waals surface area contributed by atoms with Crippen molar-refractivity contribution in [2.24, 2.45) is 0 Å². The molecule has 0 aliphatic rings. The van der Waals surface area contributed by atoms with Gasteiger partial charge in [0.15, 0.2) is 10.9 Å². The van der Waals surface area contributed by atoms with E-state index in [-0.39, 0.29) is 17.5 Å². The minimum atomic E-state index is -0.432. The van der Waals surface area contributed by atoms with Gasteiger partial charge in [0.1, 0.15) is 18.1 Å². The van der Waals surface area contributed by atoms with Gasteiger partial charge in [-0.15, -0.1) is 0 Å². The molecule has 0 radical (unpaired) electrons. The van der Waals surface area contributed by atoms with Gasteiger partial charge in [0.05, 0.1) is 0 Å². The van der Waals surface area contributed by atoms with Crippen molar-refractivity contribution in [3.63, 3.8) is 0 Å². The summed E-state index contributed by atoms with van der Waals surface area (Å²) in [6, 6.07) is 17.4. The molecule has 3 rings (SSSR count). The van der Waals surface area contributed by atoms with Gasteiger partial charge in [-0.2, -0.15) is 0 Å². The van der Waals surface area contributed by atoms with Crippen LogP contribution in [0.3, 0.4) is 0 Å². The second-order valence-electron chi connectivity index (χ2n) is 7.84. The third kappa shape index (κ3) is 6.59. The molecule has 1 amide bonds. The van der Waals surface area contributed by atoms with Crippen LogP contribution in [0.4, 0.5) is 5.69 Å². The molecule has 1 aromatic heterocycles.